The Balaban J connectivity index is 1.86. The Labute approximate surface area is 125 Å². The summed E-state index contributed by atoms with van der Waals surface area (Å²) in [6.07, 6.45) is 9.49. The second-order valence-corrected chi connectivity index (χ2v) is 7.33. The summed E-state index contributed by atoms with van der Waals surface area (Å²) < 4.78 is 0. The minimum absolute atomic E-state index is 0.304. The number of aliphatic hydroxyl groups excluding tert-OH is 1. The van der Waals surface area contributed by atoms with Gasteiger partial charge in [0.1, 0.15) is 0 Å². The molecule has 1 saturated heterocycles. The Bertz CT molecular complexity index is 264. The van der Waals surface area contributed by atoms with Crippen molar-refractivity contribution >= 4 is 0 Å². The molecule has 20 heavy (non-hydrogen) atoms. The molecule has 1 aliphatic heterocycles. The van der Waals surface area contributed by atoms with E-state index in [4.69, 9.17) is 0 Å². The fourth-order valence-electron chi connectivity index (χ4n) is 4.22. The molecule has 0 aromatic heterocycles. The van der Waals surface area contributed by atoms with Crippen molar-refractivity contribution < 1.29 is 5.11 Å². The van der Waals surface area contributed by atoms with Crippen molar-refractivity contribution in [3.63, 3.8) is 0 Å². The Morgan fingerprint density at radius 2 is 2.05 bits per heavy atom. The Hall–Kier alpha value is -0.120. The van der Waals surface area contributed by atoms with E-state index >= 15 is 0 Å². The van der Waals surface area contributed by atoms with Gasteiger partial charge in [-0.2, -0.15) is 0 Å². The van der Waals surface area contributed by atoms with Gasteiger partial charge in [-0.1, -0.05) is 26.7 Å². The Morgan fingerprint density at radius 1 is 1.20 bits per heavy atom. The second kappa shape index (κ2) is 8.35. The maximum Gasteiger partial charge on any atom is 0.0558 e. The van der Waals surface area contributed by atoms with E-state index in [0.29, 0.717) is 18.7 Å². The van der Waals surface area contributed by atoms with Gasteiger partial charge in [-0.3, -0.25) is 4.90 Å². The predicted molar refractivity (Wildman–Crippen MR) is 84.9 cm³/mol. The standard InChI is InChI=1S/C17H34N2O/c1-14(2)11-15-5-3-7-17(12-15)19(9-10-20)13-16-6-4-8-18-16/h14-18,20H,3-13H2,1-2H3. The van der Waals surface area contributed by atoms with Crippen molar-refractivity contribution in [3.8, 4) is 0 Å². The third-order valence-electron chi connectivity index (χ3n) is 5.08. The van der Waals surface area contributed by atoms with Gasteiger partial charge in [-0.15, -0.1) is 0 Å². The minimum Gasteiger partial charge on any atom is -0.395 e. The average molecular weight is 282 g/mol. The smallest absolute Gasteiger partial charge is 0.0558 e. The first-order chi connectivity index (χ1) is 9.69. The summed E-state index contributed by atoms with van der Waals surface area (Å²) in [5.41, 5.74) is 0. The van der Waals surface area contributed by atoms with Gasteiger partial charge >= 0.3 is 0 Å². The summed E-state index contributed by atoms with van der Waals surface area (Å²) >= 11 is 0. The molecule has 0 aromatic carbocycles. The predicted octanol–water partition coefficient (Wildman–Crippen LogP) is 2.64. The monoisotopic (exact) mass is 282 g/mol. The van der Waals surface area contributed by atoms with Crippen LogP contribution in [0.5, 0.6) is 0 Å². The number of aliphatic hydroxyl groups is 1. The molecule has 0 spiro atoms. The largest absolute Gasteiger partial charge is 0.395 e. The highest BCUT2D eigenvalue weighted by atomic mass is 16.3. The first-order valence-electron chi connectivity index (χ1n) is 8.77. The third-order valence-corrected chi connectivity index (χ3v) is 5.08. The van der Waals surface area contributed by atoms with Crippen molar-refractivity contribution in [3.05, 3.63) is 0 Å². The molecule has 1 aliphatic carbocycles. The van der Waals surface area contributed by atoms with Gasteiger partial charge in [0.2, 0.25) is 0 Å². The number of rotatable bonds is 7. The lowest BCUT2D eigenvalue weighted by Gasteiger charge is -2.39. The number of hydrogen-bond acceptors (Lipinski definition) is 3. The van der Waals surface area contributed by atoms with E-state index in [1.54, 1.807) is 0 Å². The lowest BCUT2D eigenvalue weighted by molar-refractivity contribution is 0.0926. The zero-order chi connectivity index (χ0) is 14.4. The van der Waals surface area contributed by atoms with Gasteiger partial charge in [0, 0.05) is 25.2 Å². The van der Waals surface area contributed by atoms with Crippen LogP contribution in [0.3, 0.4) is 0 Å². The van der Waals surface area contributed by atoms with Crippen molar-refractivity contribution in [2.45, 2.75) is 70.9 Å². The van der Waals surface area contributed by atoms with Crippen LogP contribution in [0.2, 0.25) is 0 Å². The molecule has 1 saturated carbocycles. The van der Waals surface area contributed by atoms with E-state index in [0.717, 1.165) is 24.9 Å². The van der Waals surface area contributed by atoms with Crippen molar-refractivity contribution in [2.75, 3.05) is 26.2 Å². The second-order valence-electron chi connectivity index (χ2n) is 7.33. The molecule has 0 aromatic rings. The molecule has 3 unspecified atom stereocenters. The topological polar surface area (TPSA) is 35.5 Å². The summed E-state index contributed by atoms with van der Waals surface area (Å²) in [6, 6.07) is 1.37. The van der Waals surface area contributed by atoms with E-state index in [-0.39, 0.29) is 0 Å². The molecule has 0 amide bonds. The van der Waals surface area contributed by atoms with Crippen LogP contribution in [0.25, 0.3) is 0 Å². The van der Waals surface area contributed by atoms with Crippen LogP contribution in [0.1, 0.15) is 58.8 Å². The van der Waals surface area contributed by atoms with Crippen LogP contribution >= 0.6 is 0 Å². The fourth-order valence-corrected chi connectivity index (χ4v) is 4.22. The van der Waals surface area contributed by atoms with Gasteiger partial charge in [-0.05, 0) is 50.5 Å². The average Bonchev–Trinajstić information content (AvgIpc) is 2.91. The highest BCUT2D eigenvalue weighted by Gasteiger charge is 2.28. The van der Waals surface area contributed by atoms with Crippen LogP contribution in [0, 0.1) is 11.8 Å². The first kappa shape index (κ1) is 16.3. The molecule has 0 radical (unpaired) electrons. The summed E-state index contributed by atoms with van der Waals surface area (Å²) in [4.78, 5) is 2.58. The highest BCUT2D eigenvalue weighted by molar-refractivity contribution is 4.85. The zero-order valence-corrected chi connectivity index (χ0v) is 13.5. The Kier molecular flexibility index (Phi) is 6.79. The van der Waals surface area contributed by atoms with Gasteiger partial charge in [0.25, 0.3) is 0 Å². The molecule has 118 valence electrons. The van der Waals surface area contributed by atoms with Gasteiger partial charge in [0.05, 0.1) is 6.61 Å². The highest BCUT2D eigenvalue weighted by Crippen LogP contribution is 2.32. The van der Waals surface area contributed by atoms with Crippen LogP contribution in [-0.4, -0.2) is 48.3 Å². The summed E-state index contributed by atoms with van der Waals surface area (Å²) in [5.74, 6) is 1.73. The molecule has 0 bridgehead atoms. The normalized spacial score (nSPS) is 31.4. The van der Waals surface area contributed by atoms with E-state index in [1.165, 1.54) is 51.5 Å². The quantitative estimate of drug-likeness (QED) is 0.753. The fraction of sp³-hybridized carbons (Fsp3) is 1.00. The van der Waals surface area contributed by atoms with Gasteiger partial charge in [0.15, 0.2) is 0 Å². The molecule has 1 heterocycles. The van der Waals surface area contributed by atoms with Crippen molar-refractivity contribution in [1.82, 2.24) is 10.2 Å². The molecular formula is C17H34N2O. The van der Waals surface area contributed by atoms with E-state index in [9.17, 15) is 5.11 Å². The molecule has 3 heteroatoms. The third kappa shape index (κ3) is 5.01. The van der Waals surface area contributed by atoms with Gasteiger partial charge in [-0.25, -0.2) is 0 Å². The molecule has 2 N–H and O–H groups in total. The van der Waals surface area contributed by atoms with E-state index in [1.807, 2.05) is 0 Å². The van der Waals surface area contributed by atoms with Crippen LogP contribution in [0.4, 0.5) is 0 Å². The van der Waals surface area contributed by atoms with Crippen molar-refractivity contribution in [2.24, 2.45) is 11.8 Å². The molecule has 3 nitrogen and oxygen atoms in total. The Morgan fingerprint density at radius 3 is 2.70 bits per heavy atom. The summed E-state index contributed by atoms with van der Waals surface area (Å²) in [6.45, 7) is 8.17. The lowest BCUT2D eigenvalue weighted by Crippen LogP contribution is -2.46. The SMILES string of the molecule is CC(C)CC1CCCC(N(CCO)CC2CCCN2)C1. The van der Waals surface area contributed by atoms with E-state index in [2.05, 4.69) is 24.1 Å². The maximum absolute atomic E-state index is 9.39. The zero-order valence-electron chi connectivity index (χ0n) is 13.5. The molecule has 2 fully saturated rings. The summed E-state index contributed by atoms with van der Waals surface area (Å²) in [7, 11) is 0. The van der Waals surface area contributed by atoms with Crippen molar-refractivity contribution in [1.29, 1.82) is 0 Å². The number of nitrogens with zero attached hydrogens (tertiary/aromatic N) is 1. The molecule has 2 aliphatic rings. The minimum atomic E-state index is 0.304. The maximum atomic E-state index is 9.39. The van der Waals surface area contributed by atoms with Gasteiger partial charge < -0.3 is 10.4 Å². The first-order valence-corrected chi connectivity index (χ1v) is 8.77. The van der Waals surface area contributed by atoms with Crippen LogP contribution in [-0.2, 0) is 0 Å². The summed E-state index contributed by atoms with van der Waals surface area (Å²) in [5, 5.41) is 13.0. The molecular weight excluding hydrogens is 248 g/mol. The lowest BCUT2D eigenvalue weighted by atomic mass is 9.80. The molecule has 3 atom stereocenters. The number of nitrogens with one attached hydrogen (secondary N) is 1. The van der Waals surface area contributed by atoms with E-state index < -0.39 is 0 Å². The van der Waals surface area contributed by atoms with Crippen LogP contribution < -0.4 is 5.32 Å². The molecule has 2 rings (SSSR count). The van der Waals surface area contributed by atoms with Crippen LogP contribution in [0.15, 0.2) is 0 Å². The number of hydrogen-bond donors (Lipinski definition) is 2.